The zero-order chi connectivity index (χ0) is 14.3. The Labute approximate surface area is 114 Å². The molecule has 4 nitrogen and oxygen atoms in total. The number of hydrogen-bond acceptors (Lipinski definition) is 2. The van der Waals surface area contributed by atoms with Crippen LogP contribution in [0.5, 0.6) is 0 Å². The topological polar surface area (TPSA) is 58.2 Å². The summed E-state index contributed by atoms with van der Waals surface area (Å²) in [6.07, 6.45) is 0.709. The lowest BCUT2D eigenvalue weighted by Gasteiger charge is -2.10. The number of carbonyl (C=O) groups is 2. The maximum atomic E-state index is 11.8. The Balaban J connectivity index is 2.49. The number of carbonyl (C=O) groups excluding carboxylic acids is 2. The van der Waals surface area contributed by atoms with Crippen LogP contribution in [0.2, 0.25) is 0 Å². The number of hydrogen-bond donors (Lipinski definition) is 2. The van der Waals surface area contributed by atoms with E-state index in [1.165, 1.54) is 0 Å². The van der Waals surface area contributed by atoms with E-state index in [0.29, 0.717) is 12.5 Å². The lowest BCUT2D eigenvalue weighted by molar-refractivity contribution is -0.126. The van der Waals surface area contributed by atoms with Crippen LogP contribution in [0.4, 0.5) is 5.69 Å². The van der Waals surface area contributed by atoms with E-state index in [1.807, 2.05) is 45.0 Å². The molecule has 0 aromatic heterocycles. The molecule has 19 heavy (non-hydrogen) atoms. The summed E-state index contributed by atoms with van der Waals surface area (Å²) < 4.78 is 0. The maximum Gasteiger partial charge on any atom is 0.233 e. The molecule has 0 aliphatic heterocycles. The normalized spacial score (nSPS) is 10.3. The maximum absolute atomic E-state index is 11.8. The van der Waals surface area contributed by atoms with Gasteiger partial charge in [-0.2, -0.15) is 0 Å². The third-order valence-electron chi connectivity index (χ3n) is 2.70. The van der Waals surface area contributed by atoms with Crippen molar-refractivity contribution in [2.75, 3.05) is 11.9 Å². The molecule has 0 spiro atoms. The molecule has 0 saturated heterocycles. The molecule has 2 amide bonds. The molecule has 1 aromatic rings. The number of para-hydroxylation sites is 1. The van der Waals surface area contributed by atoms with Crippen molar-refractivity contribution in [1.29, 1.82) is 0 Å². The first-order chi connectivity index (χ1) is 9.02. The van der Waals surface area contributed by atoms with Crippen LogP contribution in [0.25, 0.3) is 0 Å². The lowest BCUT2D eigenvalue weighted by atomic mass is 10.1. The molecule has 2 N–H and O–H groups in total. The molecule has 1 rings (SSSR count). The lowest BCUT2D eigenvalue weighted by Crippen LogP contribution is -2.30. The molecule has 4 heteroatoms. The first-order valence-electron chi connectivity index (χ1n) is 6.67. The van der Waals surface area contributed by atoms with E-state index in [1.54, 1.807) is 0 Å². The molecule has 1 aromatic carbocycles. The van der Waals surface area contributed by atoms with E-state index in [0.717, 1.165) is 17.7 Å². The standard InChI is InChI=1S/C15H22N2O2/c1-4-12-7-5-6-8-13(12)17-15(19)9-14(18)16-10-11(2)3/h5-8,11H,4,9-10H2,1-3H3,(H,16,18)(H,17,19). The number of benzene rings is 1. The largest absolute Gasteiger partial charge is 0.355 e. The Hall–Kier alpha value is -1.84. The fourth-order valence-corrected chi connectivity index (χ4v) is 1.67. The number of aryl methyl sites for hydroxylation is 1. The molecule has 0 aliphatic rings. The van der Waals surface area contributed by atoms with Gasteiger partial charge in [0.2, 0.25) is 11.8 Å². The molecular formula is C15H22N2O2. The third kappa shape index (κ3) is 5.55. The molecule has 0 saturated carbocycles. The van der Waals surface area contributed by atoms with Crippen LogP contribution in [-0.4, -0.2) is 18.4 Å². The van der Waals surface area contributed by atoms with Gasteiger partial charge in [0.25, 0.3) is 0 Å². The Morgan fingerprint density at radius 1 is 1.16 bits per heavy atom. The fraction of sp³-hybridized carbons (Fsp3) is 0.467. The van der Waals surface area contributed by atoms with Gasteiger partial charge in [-0.3, -0.25) is 9.59 Å². The summed E-state index contributed by atoms with van der Waals surface area (Å²) in [6, 6.07) is 7.62. The molecule has 0 fully saturated rings. The summed E-state index contributed by atoms with van der Waals surface area (Å²) in [5.41, 5.74) is 1.85. The summed E-state index contributed by atoms with van der Waals surface area (Å²) in [6.45, 7) is 6.65. The number of rotatable bonds is 6. The molecule has 0 atom stereocenters. The van der Waals surface area contributed by atoms with Crippen molar-refractivity contribution in [2.45, 2.75) is 33.6 Å². The minimum Gasteiger partial charge on any atom is -0.355 e. The molecule has 0 bridgehead atoms. The Bertz CT molecular complexity index is 442. The smallest absolute Gasteiger partial charge is 0.233 e. The van der Waals surface area contributed by atoms with Crippen molar-refractivity contribution in [1.82, 2.24) is 5.32 Å². The van der Waals surface area contributed by atoms with Gasteiger partial charge in [0.05, 0.1) is 0 Å². The van der Waals surface area contributed by atoms with Crippen LogP contribution in [0.15, 0.2) is 24.3 Å². The molecule has 0 aliphatic carbocycles. The Morgan fingerprint density at radius 3 is 2.47 bits per heavy atom. The molecule has 104 valence electrons. The highest BCUT2D eigenvalue weighted by Crippen LogP contribution is 2.15. The highest BCUT2D eigenvalue weighted by molar-refractivity contribution is 6.03. The second-order valence-corrected chi connectivity index (χ2v) is 4.93. The molecule has 0 radical (unpaired) electrons. The second kappa shape index (κ2) is 7.56. The number of anilines is 1. The zero-order valence-corrected chi connectivity index (χ0v) is 11.8. The van der Waals surface area contributed by atoms with Crippen molar-refractivity contribution in [2.24, 2.45) is 5.92 Å². The van der Waals surface area contributed by atoms with Gasteiger partial charge in [-0.15, -0.1) is 0 Å². The van der Waals surface area contributed by atoms with Gasteiger partial charge in [0, 0.05) is 12.2 Å². The molecule has 0 unspecified atom stereocenters. The van der Waals surface area contributed by atoms with Gasteiger partial charge in [-0.25, -0.2) is 0 Å². The van der Waals surface area contributed by atoms with Crippen molar-refractivity contribution in [3.8, 4) is 0 Å². The van der Waals surface area contributed by atoms with E-state index in [4.69, 9.17) is 0 Å². The minimum absolute atomic E-state index is 0.134. The van der Waals surface area contributed by atoms with Crippen molar-refractivity contribution in [3.05, 3.63) is 29.8 Å². The second-order valence-electron chi connectivity index (χ2n) is 4.93. The highest BCUT2D eigenvalue weighted by Gasteiger charge is 2.11. The first-order valence-corrected chi connectivity index (χ1v) is 6.67. The number of nitrogens with one attached hydrogen (secondary N) is 2. The summed E-state index contributed by atoms with van der Waals surface area (Å²) in [7, 11) is 0. The van der Waals surface area contributed by atoms with Gasteiger partial charge in [0.15, 0.2) is 0 Å². The third-order valence-corrected chi connectivity index (χ3v) is 2.70. The van der Waals surface area contributed by atoms with Gasteiger partial charge in [-0.1, -0.05) is 39.0 Å². The van der Waals surface area contributed by atoms with Crippen molar-refractivity contribution in [3.63, 3.8) is 0 Å². The summed E-state index contributed by atoms with van der Waals surface area (Å²) >= 11 is 0. The van der Waals surface area contributed by atoms with E-state index in [-0.39, 0.29) is 18.2 Å². The predicted octanol–water partition coefficient (Wildman–Crippen LogP) is 2.35. The van der Waals surface area contributed by atoms with Gasteiger partial charge in [0.1, 0.15) is 6.42 Å². The van der Waals surface area contributed by atoms with E-state index < -0.39 is 0 Å². The number of amides is 2. The zero-order valence-electron chi connectivity index (χ0n) is 11.8. The summed E-state index contributed by atoms with van der Waals surface area (Å²) in [5, 5.41) is 5.51. The van der Waals surface area contributed by atoms with Crippen LogP contribution in [-0.2, 0) is 16.0 Å². The van der Waals surface area contributed by atoms with Gasteiger partial charge in [-0.05, 0) is 24.0 Å². The average molecular weight is 262 g/mol. The van der Waals surface area contributed by atoms with E-state index >= 15 is 0 Å². The molecule has 0 heterocycles. The highest BCUT2D eigenvalue weighted by atomic mass is 16.2. The molecular weight excluding hydrogens is 240 g/mol. The van der Waals surface area contributed by atoms with Crippen molar-refractivity contribution >= 4 is 17.5 Å². The summed E-state index contributed by atoms with van der Waals surface area (Å²) in [4.78, 5) is 23.3. The first kappa shape index (κ1) is 15.2. The minimum atomic E-state index is -0.276. The average Bonchev–Trinajstić information content (AvgIpc) is 2.37. The summed E-state index contributed by atoms with van der Waals surface area (Å²) in [5.74, 6) is -0.129. The van der Waals surface area contributed by atoms with Gasteiger partial charge >= 0.3 is 0 Å². The van der Waals surface area contributed by atoms with Crippen LogP contribution in [0.3, 0.4) is 0 Å². The fourth-order valence-electron chi connectivity index (χ4n) is 1.67. The quantitative estimate of drug-likeness (QED) is 0.773. The van der Waals surface area contributed by atoms with Crippen LogP contribution < -0.4 is 10.6 Å². The van der Waals surface area contributed by atoms with Gasteiger partial charge < -0.3 is 10.6 Å². The predicted molar refractivity (Wildman–Crippen MR) is 76.9 cm³/mol. The van der Waals surface area contributed by atoms with Crippen LogP contribution in [0.1, 0.15) is 32.8 Å². The van der Waals surface area contributed by atoms with E-state index in [9.17, 15) is 9.59 Å². The Kier molecular flexibility index (Phi) is 6.06. The Morgan fingerprint density at radius 2 is 1.84 bits per heavy atom. The van der Waals surface area contributed by atoms with Crippen molar-refractivity contribution < 1.29 is 9.59 Å². The monoisotopic (exact) mass is 262 g/mol. The van der Waals surface area contributed by atoms with Crippen LogP contribution in [0, 0.1) is 5.92 Å². The SMILES string of the molecule is CCc1ccccc1NC(=O)CC(=O)NCC(C)C. The van der Waals surface area contributed by atoms with E-state index in [2.05, 4.69) is 10.6 Å². The van der Waals surface area contributed by atoms with Crippen LogP contribution >= 0.6 is 0 Å².